The van der Waals surface area contributed by atoms with Crippen LogP contribution in [0.25, 0.3) is 0 Å². The molecule has 0 bridgehead atoms. The van der Waals surface area contributed by atoms with E-state index in [1.54, 1.807) is 20.9 Å². The molecule has 0 spiro atoms. The molecule has 1 aliphatic heterocycles. The number of piperazine rings is 1. The first-order valence-electron chi connectivity index (χ1n) is 6.92. The van der Waals surface area contributed by atoms with Crippen molar-refractivity contribution in [2.24, 2.45) is 0 Å². The topological polar surface area (TPSA) is 68.7 Å². The molecular formula is C12H20B2N4O2. The van der Waals surface area contributed by atoms with E-state index in [4.69, 9.17) is 0 Å². The smallest absolute Gasteiger partial charge is 0.408 e. The van der Waals surface area contributed by atoms with E-state index in [1.165, 1.54) is 0 Å². The third-order valence-corrected chi connectivity index (χ3v) is 3.40. The molecule has 20 heavy (non-hydrogen) atoms. The highest BCUT2D eigenvalue weighted by atomic mass is 16.2. The highest BCUT2D eigenvalue weighted by Crippen LogP contribution is 2.12. The van der Waals surface area contributed by atoms with Crippen LogP contribution in [0.4, 0.5) is 10.6 Å². The highest BCUT2D eigenvalue weighted by Gasteiger charge is 2.18. The van der Waals surface area contributed by atoms with Gasteiger partial charge < -0.3 is 15.2 Å². The van der Waals surface area contributed by atoms with Crippen LogP contribution in [0.2, 0.25) is 6.82 Å². The van der Waals surface area contributed by atoms with Crippen molar-refractivity contribution in [1.82, 2.24) is 14.8 Å². The number of carbonyl (C=O) groups excluding carboxylic acids is 1. The number of rotatable bonds is 4. The molecule has 1 fully saturated rings. The molecular weight excluding hydrogens is 254 g/mol. The van der Waals surface area contributed by atoms with E-state index >= 15 is 0 Å². The predicted molar refractivity (Wildman–Crippen MR) is 82.5 cm³/mol. The number of amides is 1. The molecule has 1 amide bonds. The van der Waals surface area contributed by atoms with Crippen molar-refractivity contribution in [3.8, 4) is 0 Å². The molecule has 2 rings (SSSR count). The van der Waals surface area contributed by atoms with Gasteiger partial charge in [-0.1, -0.05) is 0 Å². The Balaban J connectivity index is 1.89. The number of carbonyl (C=O) groups is 1. The predicted octanol–water partition coefficient (Wildman–Crippen LogP) is -0.525. The summed E-state index contributed by atoms with van der Waals surface area (Å²) in [5.74, 6) is 0.830. The van der Waals surface area contributed by atoms with Gasteiger partial charge in [-0.05, 0) is 24.5 Å². The lowest BCUT2D eigenvalue weighted by atomic mass is 9.89. The van der Waals surface area contributed by atoms with Gasteiger partial charge in [0.1, 0.15) is 5.82 Å². The van der Waals surface area contributed by atoms with Crippen LogP contribution in [0.5, 0.6) is 0 Å². The Morgan fingerprint density at radius 3 is 2.80 bits per heavy atom. The Labute approximate surface area is 120 Å². The standard InChI is InChI=1S/C12H20B2N4O2/c1-14(20)16-11-8-10(2-3-15-11)9-17-4-6-18(7-5-17)12(13)19/h2-3,8,20H,4-7,9,13H2,1H3,(H,15,16). The normalized spacial score (nSPS) is 16.0. The summed E-state index contributed by atoms with van der Waals surface area (Å²) in [5, 5.41) is 12.2. The third-order valence-electron chi connectivity index (χ3n) is 3.40. The number of nitrogens with one attached hydrogen (secondary N) is 1. The van der Waals surface area contributed by atoms with Crippen LogP contribution >= 0.6 is 0 Å². The molecule has 0 aliphatic carbocycles. The number of anilines is 1. The fraction of sp³-hybridized carbons (Fsp3) is 0.500. The van der Waals surface area contributed by atoms with Gasteiger partial charge in [0.2, 0.25) is 7.85 Å². The number of hydrogen-bond acceptors (Lipinski definition) is 5. The van der Waals surface area contributed by atoms with Crippen molar-refractivity contribution in [1.29, 1.82) is 0 Å². The molecule has 0 radical (unpaired) electrons. The minimum Gasteiger partial charge on any atom is -0.433 e. The fourth-order valence-corrected chi connectivity index (χ4v) is 2.34. The molecule has 2 N–H and O–H groups in total. The molecule has 6 nitrogen and oxygen atoms in total. The Morgan fingerprint density at radius 2 is 2.20 bits per heavy atom. The fourth-order valence-electron chi connectivity index (χ4n) is 2.34. The van der Waals surface area contributed by atoms with E-state index in [1.807, 2.05) is 17.0 Å². The summed E-state index contributed by atoms with van der Waals surface area (Å²) in [4.78, 5) is 19.6. The van der Waals surface area contributed by atoms with Crippen LogP contribution < -0.4 is 5.23 Å². The van der Waals surface area contributed by atoms with E-state index in [9.17, 15) is 9.82 Å². The zero-order chi connectivity index (χ0) is 14.5. The number of hydrogen-bond donors (Lipinski definition) is 2. The Bertz CT molecular complexity index is 465. The number of nitrogens with zero attached hydrogens (tertiary/aromatic N) is 3. The van der Waals surface area contributed by atoms with Gasteiger partial charge >= 0.3 is 7.05 Å². The average molecular weight is 274 g/mol. The molecule has 8 heteroatoms. The van der Waals surface area contributed by atoms with Crippen LogP contribution in [0.3, 0.4) is 0 Å². The number of pyridine rings is 1. The van der Waals surface area contributed by atoms with Crippen molar-refractivity contribution in [2.45, 2.75) is 13.4 Å². The maximum Gasteiger partial charge on any atom is 0.408 e. The molecule has 106 valence electrons. The second-order valence-electron chi connectivity index (χ2n) is 5.15. The Morgan fingerprint density at radius 1 is 1.50 bits per heavy atom. The van der Waals surface area contributed by atoms with E-state index in [0.717, 1.165) is 38.3 Å². The number of aromatic nitrogens is 1. The second-order valence-corrected chi connectivity index (χ2v) is 5.15. The highest BCUT2D eigenvalue weighted by molar-refractivity contribution is 6.56. The van der Waals surface area contributed by atoms with E-state index < -0.39 is 7.05 Å². The van der Waals surface area contributed by atoms with Gasteiger partial charge in [-0.2, -0.15) is 0 Å². The van der Waals surface area contributed by atoms with Gasteiger partial charge in [0.05, 0.1) is 0 Å². The summed E-state index contributed by atoms with van der Waals surface area (Å²) in [6.45, 7) is 5.86. The lowest BCUT2D eigenvalue weighted by molar-refractivity contribution is 0.148. The molecule has 0 saturated carbocycles. The molecule has 2 heterocycles. The first-order chi connectivity index (χ1) is 9.54. The van der Waals surface area contributed by atoms with Gasteiger partial charge in [-0.3, -0.25) is 9.69 Å². The molecule has 0 atom stereocenters. The largest absolute Gasteiger partial charge is 0.433 e. The zero-order valence-electron chi connectivity index (χ0n) is 12.0. The van der Waals surface area contributed by atoms with Gasteiger partial charge in [0.25, 0.3) is 0 Å². The molecule has 1 aromatic rings. The average Bonchev–Trinajstić information content (AvgIpc) is 2.39. The van der Waals surface area contributed by atoms with Crippen molar-refractivity contribution >= 4 is 26.5 Å². The summed E-state index contributed by atoms with van der Waals surface area (Å²) in [6, 6.07) is 3.93. The lowest BCUT2D eigenvalue weighted by Crippen LogP contribution is -2.47. The minimum absolute atomic E-state index is 0.150. The molecule has 0 aromatic carbocycles. The van der Waals surface area contributed by atoms with Crippen LogP contribution in [0.1, 0.15) is 5.56 Å². The Kier molecular flexibility index (Phi) is 5.03. The van der Waals surface area contributed by atoms with Gasteiger partial charge in [0.15, 0.2) is 5.81 Å². The van der Waals surface area contributed by atoms with Gasteiger partial charge in [-0.15, -0.1) is 0 Å². The molecule has 1 aliphatic rings. The molecule has 1 aromatic heterocycles. The zero-order valence-corrected chi connectivity index (χ0v) is 12.0. The Hall–Kier alpha value is -1.53. The van der Waals surface area contributed by atoms with E-state index in [-0.39, 0.29) is 5.81 Å². The quantitative estimate of drug-likeness (QED) is 0.723. The SMILES string of the molecule is BC(=O)N1CCN(Cc2ccnc(NB(C)O)c2)CC1. The summed E-state index contributed by atoms with van der Waals surface area (Å²) in [5.41, 5.74) is 1.15. The first-order valence-corrected chi connectivity index (χ1v) is 6.92. The molecule has 0 unspecified atom stereocenters. The van der Waals surface area contributed by atoms with Crippen LogP contribution in [-0.2, 0) is 6.54 Å². The van der Waals surface area contributed by atoms with Crippen molar-refractivity contribution in [3.05, 3.63) is 23.9 Å². The molecule has 1 saturated heterocycles. The van der Waals surface area contributed by atoms with Crippen LogP contribution in [0.15, 0.2) is 18.3 Å². The second kappa shape index (κ2) is 6.76. The minimum atomic E-state index is -0.614. The summed E-state index contributed by atoms with van der Waals surface area (Å²) in [7, 11) is 1.00. The first kappa shape index (κ1) is 14.9. The van der Waals surface area contributed by atoms with Crippen LogP contribution in [0, 0.1) is 0 Å². The third kappa shape index (κ3) is 4.25. The van der Waals surface area contributed by atoms with E-state index in [0.29, 0.717) is 5.82 Å². The van der Waals surface area contributed by atoms with Crippen molar-refractivity contribution < 1.29 is 9.82 Å². The van der Waals surface area contributed by atoms with Gasteiger partial charge in [0, 0.05) is 38.9 Å². The summed E-state index contributed by atoms with van der Waals surface area (Å²) < 4.78 is 0. The van der Waals surface area contributed by atoms with E-state index in [2.05, 4.69) is 15.1 Å². The monoisotopic (exact) mass is 274 g/mol. The summed E-state index contributed by atoms with van der Waals surface area (Å²) >= 11 is 0. The van der Waals surface area contributed by atoms with Gasteiger partial charge in [-0.25, -0.2) is 4.98 Å². The maximum absolute atomic E-state index is 11.3. The van der Waals surface area contributed by atoms with Crippen LogP contribution in [-0.4, -0.2) is 66.7 Å². The lowest BCUT2D eigenvalue weighted by Gasteiger charge is -2.34. The van der Waals surface area contributed by atoms with Crippen molar-refractivity contribution in [3.63, 3.8) is 0 Å². The summed E-state index contributed by atoms with van der Waals surface area (Å²) in [6.07, 6.45) is 1.74. The maximum atomic E-state index is 11.3. The van der Waals surface area contributed by atoms with Crippen molar-refractivity contribution in [2.75, 3.05) is 31.4 Å².